The standard InChI is InChI=1S/C13H12ClN3O3S/c14-10-3-4-11-9(2-1-5-16-11)13(10)17-7-8(6-12(17)18)21(15,19)20/h1-5,8H,6-7H2,(H2,15,19,20). The predicted molar refractivity (Wildman–Crippen MR) is 80.6 cm³/mol. The minimum atomic E-state index is -3.76. The Morgan fingerprint density at radius 1 is 1.33 bits per heavy atom. The number of pyridine rings is 1. The van der Waals surface area contributed by atoms with Crippen molar-refractivity contribution in [2.75, 3.05) is 11.4 Å². The van der Waals surface area contributed by atoms with E-state index in [2.05, 4.69) is 4.98 Å². The van der Waals surface area contributed by atoms with E-state index in [0.717, 1.165) is 0 Å². The molecule has 8 heteroatoms. The first kappa shape index (κ1) is 14.2. The first-order valence-electron chi connectivity index (χ1n) is 6.23. The molecule has 2 aromatic rings. The van der Waals surface area contributed by atoms with Crippen LogP contribution in [0.2, 0.25) is 5.02 Å². The number of carbonyl (C=O) groups excluding carboxylic acids is 1. The quantitative estimate of drug-likeness (QED) is 0.900. The first-order chi connectivity index (χ1) is 9.88. The molecule has 1 fully saturated rings. The molecule has 1 amide bonds. The highest BCUT2D eigenvalue weighted by Gasteiger charge is 2.38. The zero-order chi connectivity index (χ0) is 15.2. The number of anilines is 1. The largest absolute Gasteiger partial charge is 0.309 e. The second-order valence-electron chi connectivity index (χ2n) is 4.89. The molecule has 1 aliphatic heterocycles. The van der Waals surface area contributed by atoms with E-state index in [1.807, 2.05) is 0 Å². The molecule has 1 saturated heterocycles. The van der Waals surface area contributed by atoms with Crippen LogP contribution in [0.1, 0.15) is 6.42 Å². The summed E-state index contributed by atoms with van der Waals surface area (Å²) in [7, 11) is -3.76. The van der Waals surface area contributed by atoms with Gasteiger partial charge < -0.3 is 4.90 Å². The number of aromatic nitrogens is 1. The van der Waals surface area contributed by atoms with Gasteiger partial charge in [-0.3, -0.25) is 9.78 Å². The molecule has 110 valence electrons. The van der Waals surface area contributed by atoms with E-state index in [1.54, 1.807) is 30.5 Å². The van der Waals surface area contributed by atoms with Crippen LogP contribution in [0, 0.1) is 0 Å². The number of rotatable bonds is 2. The summed E-state index contributed by atoms with van der Waals surface area (Å²) in [6, 6.07) is 6.92. The molecular formula is C13H12ClN3O3S. The van der Waals surface area contributed by atoms with Crippen molar-refractivity contribution in [3.63, 3.8) is 0 Å². The minimum Gasteiger partial charge on any atom is -0.309 e. The van der Waals surface area contributed by atoms with Crippen molar-refractivity contribution in [1.82, 2.24) is 4.98 Å². The van der Waals surface area contributed by atoms with Crippen LogP contribution < -0.4 is 10.0 Å². The van der Waals surface area contributed by atoms with Crippen LogP contribution in [0.25, 0.3) is 10.9 Å². The predicted octanol–water partition coefficient (Wildman–Crippen LogP) is 1.28. The highest BCUT2D eigenvalue weighted by Crippen LogP contribution is 2.36. The Labute approximate surface area is 126 Å². The molecule has 6 nitrogen and oxygen atoms in total. The monoisotopic (exact) mass is 325 g/mol. The number of carbonyl (C=O) groups is 1. The van der Waals surface area contributed by atoms with Gasteiger partial charge in [0.15, 0.2) is 0 Å². The minimum absolute atomic E-state index is 0.00535. The summed E-state index contributed by atoms with van der Waals surface area (Å²) in [5.41, 5.74) is 1.17. The van der Waals surface area contributed by atoms with E-state index in [-0.39, 0.29) is 18.9 Å². The second kappa shape index (κ2) is 4.94. The van der Waals surface area contributed by atoms with E-state index in [1.165, 1.54) is 4.90 Å². The van der Waals surface area contributed by atoms with E-state index in [9.17, 15) is 13.2 Å². The Hall–Kier alpha value is -1.70. The molecule has 1 atom stereocenters. The fraction of sp³-hybridized carbons (Fsp3) is 0.231. The van der Waals surface area contributed by atoms with E-state index < -0.39 is 15.3 Å². The average Bonchev–Trinajstić information content (AvgIpc) is 2.80. The molecule has 2 heterocycles. The first-order valence-corrected chi connectivity index (χ1v) is 8.22. The maximum Gasteiger partial charge on any atom is 0.228 e. The maximum absolute atomic E-state index is 12.2. The number of fused-ring (bicyclic) bond motifs is 1. The fourth-order valence-corrected chi connectivity index (χ4v) is 3.49. The lowest BCUT2D eigenvalue weighted by Crippen LogP contribution is -2.32. The average molecular weight is 326 g/mol. The number of sulfonamides is 1. The topological polar surface area (TPSA) is 93.4 Å². The Balaban J connectivity index is 2.13. The number of primary sulfonamides is 1. The van der Waals surface area contributed by atoms with Crippen LogP contribution >= 0.6 is 11.6 Å². The van der Waals surface area contributed by atoms with E-state index in [4.69, 9.17) is 16.7 Å². The van der Waals surface area contributed by atoms with Gasteiger partial charge in [0.25, 0.3) is 0 Å². The van der Waals surface area contributed by atoms with Crippen molar-refractivity contribution >= 4 is 44.1 Å². The van der Waals surface area contributed by atoms with Crippen molar-refractivity contribution in [3.05, 3.63) is 35.5 Å². The number of hydrogen-bond donors (Lipinski definition) is 1. The summed E-state index contributed by atoms with van der Waals surface area (Å²) in [5, 5.41) is 5.31. The van der Waals surface area contributed by atoms with Crippen molar-refractivity contribution in [1.29, 1.82) is 0 Å². The molecule has 0 saturated carbocycles. The smallest absolute Gasteiger partial charge is 0.228 e. The van der Waals surface area contributed by atoms with Crippen molar-refractivity contribution in [2.45, 2.75) is 11.7 Å². The van der Waals surface area contributed by atoms with Gasteiger partial charge in [0.1, 0.15) is 5.25 Å². The van der Waals surface area contributed by atoms with Crippen LogP contribution in [0.3, 0.4) is 0 Å². The summed E-state index contributed by atoms with van der Waals surface area (Å²) in [6.45, 7) is 0.00535. The highest BCUT2D eigenvalue weighted by atomic mass is 35.5. The Morgan fingerprint density at radius 3 is 2.76 bits per heavy atom. The molecule has 3 rings (SSSR count). The van der Waals surface area contributed by atoms with E-state index >= 15 is 0 Å². The van der Waals surface area contributed by atoms with Gasteiger partial charge in [-0.05, 0) is 24.3 Å². The molecular weight excluding hydrogens is 314 g/mol. The lowest BCUT2D eigenvalue weighted by molar-refractivity contribution is -0.117. The highest BCUT2D eigenvalue weighted by molar-refractivity contribution is 7.89. The number of halogens is 1. The SMILES string of the molecule is NS(=O)(=O)C1CC(=O)N(c2c(Cl)ccc3ncccc23)C1. The third kappa shape index (κ3) is 2.48. The maximum atomic E-state index is 12.2. The lowest BCUT2D eigenvalue weighted by atomic mass is 10.1. The fourth-order valence-electron chi connectivity index (χ4n) is 2.50. The Morgan fingerprint density at radius 2 is 2.10 bits per heavy atom. The van der Waals surface area contributed by atoms with Gasteiger partial charge in [-0.2, -0.15) is 0 Å². The van der Waals surface area contributed by atoms with Crippen LogP contribution in [0.4, 0.5) is 5.69 Å². The third-order valence-corrected chi connectivity index (χ3v) is 5.08. The summed E-state index contributed by atoms with van der Waals surface area (Å²) < 4.78 is 22.9. The molecule has 0 aliphatic carbocycles. The van der Waals surface area contributed by atoms with Crippen molar-refractivity contribution in [2.24, 2.45) is 5.14 Å². The third-order valence-electron chi connectivity index (χ3n) is 3.53. The summed E-state index contributed by atoms with van der Waals surface area (Å²) in [5.74, 6) is -0.313. The Bertz CT molecular complexity index is 838. The van der Waals surface area contributed by atoms with Gasteiger partial charge in [0.05, 0.1) is 16.2 Å². The molecule has 0 bridgehead atoms. The van der Waals surface area contributed by atoms with Gasteiger partial charge in [0.2, 0.25) is 15.9 Å². The number of benzene rings is 1. The summed E-state index contributed by atoms with van der Waals surface area (Å²) in [6.07, 6.45) is 1.50. The van der Waals surface area contributed by atoms with Gasteiger partial charge in [-0.25, -0.2) is 13.6 Å². The molecule has 0 radical (unpaired) electrons. The Kier molecular flexibility index (Phi) is 3.35. The van der Waals surface area contributed by atoms with Crippen LogP contribution in [0.5, 0.6) is 0 Å². The summed E-state index contributed by atoms with van der Waals surface area (Å²) in [4.78, 5) is 17.7. The number of hydrogen-bond acceptors (Lipinski definition) is 4. The lowest BCUT2D eigenvalue weighted by Gasteiger charge is -2.20. The number of nitrogens with zero attached hydrogens (tertiary/aromatic N) is 2. The van der Waals surface area contributed by atoms with Gasteiger partial charge in [0, 0.05) is 24.5 Å². The van der Waals surface area contributed by atoms with E-state index in [0.29, 0.717) is 21.6 Å². The molecule has 1 aromatic heterocycles. The molecule has 1 aromatic carbocycles. The zero-order valence-corrected chi connectivity index (χ0v) is 12.4. The van der Waals surface area contributed by atoms with Gasteiger partial charge in [-0.1, -0.05) is 11.6 Å². The molecule has 0 spiro atoms. The summed E-state index contributed by atoms with van der Waals surface area (Å²) >= 11 is 6.21. The molecule has 2 N–H and O–H groups in total. The number of amides is 1. The van der Waals surface area contributed by atoms with Gasteiger partial charge >= 0.3 is 0 Å². The molecule has 21 heavy (non-hydrogen) atoms. The van der Waals surface area contributed by atoms with Crippen LogP contribution in [-0.2, 0) is 14.8 Å². The van der Waals surface area contributed by atoms with Gasteiger partial charge in [-0.15, -0.1) is 0 Å². The molecule has 1 unspecified atom stereocenters. The zero-order valence-electron chi connectivity index (χ0n) is 10.9. The van der Waals surface area contributed by atoms with Crippen LogP contribution in [-0.4, -0.2) is 31.1 Å². The normalized spacial score (nSPS) is 19.4. The number of nitrogens with two attached hydrogens (primary N) is 1. The second-order valence-corrected chi connectivity index (χ2v) is 7.14. The van der Waals surface area contributed by atoms with Crippen molar-refractivity contribution < 1.29 is 13.2 Å². The molecule has 1 aliphatic rings. The van der Waals surface area contributed by atoms with Crippen LogP contribution in [0.15, 0.2) is 30.5 Å². The van der Waals surface area contributed by atoms with Crippen molar-refractivity contribution in [3.8, 4) is 0 Å².